The predicted molar refractivity (Wildman–Crippen MR) is 57.4 cm³/mol. The summed E-state index contributed by atoms with van der Waals surface area (Å²) in [4.78, 5) is 0. The van der Waals surface area contributed by atoms with Gasteiger partial charge in [0.25, 0.3) is 0 Å². The lowest BCUT2D eigenvalue weighted by atomic mass is 10.2. The van der Waals surface area contributed by atoms with Crippen molar-refractivity contribution in [1.29, 1.82) is 0 Å². The Kier molecular flexibility index (Phi) is 3.38. The maximum Gasteiger partial charge on any atom is 0.236 e. The van der Waals surface area contributed by atoms with Crippen molar-refractivity contribution in [3.63, 3.8) is 0 Å². The number of rotatable bonds is 2. The van der Waals surface area contributed by atoms with Crippen molar-refractivity contribution in [3.05, 3.63) is 33.8 Å². The molecular formula is C8H8BrClO2S. The van der Waals surface area contributed by atoms with Gasteiger partial charge in [0.05, 0.1) is 5.75 Å². The highest BCUT2D eigenvalue weighted by Crippen LogP contribution is 2.18. The van der Waals surface area contributed by atoms with Crippen LogP contribution in [0.25, 0.3) is 0 Å². The minimum Gasteiger partial charge on any atom is -0.212 e. The molecule has 0 aliphatic heterocycles. The molecule has 0 amide bonds. The fourth-order valence-electron chi connectivity index (χ4n) is 1.09. The summed E-state index contributed by atoms with van der Waals surface area (Å²) < 4.78 is 22.4. The molecule has 0 N–H and O–H groups in total. The van der Waals surface area contributed by atoms with Gasteiger partial charge < -0.3 is 0 Å². The Morgan fingerprint density at radius 1 is 1.38 bits per heavy atom. The second kappa shape index (κ2) is 3.98. The lowest BCUT2D eigenvalue weighted by Gasteiger charge is -2.01. The molecule has 0 bridgehead atoms. The maximum absolute atomic E-state index is 10.8. The fraction of sp³-hybridized carbons (Fsp3) is 0.250. The molecule has 0 saturated carbocycles. The van der Waals surface area contributed by atoms with Gasteiger partial charge in [-0.05, 0) is 30.2 Å². The van der Waals surface area contributed by atoms with E-state index in [2.05, 4.69) is 15.9 Å². The molecule has 0 unspecified atom stereocenters. The number of hydrogen-bond acceptors (Lipinski definition) is 2. The van der Waals surface area contributed by atoms with Crippen LogP contribution >= 0.6 is 26.6 Å². The minimum absolute atomic E-state index is 0.130. The summed E-state index contributed by atoms with van der Waals surface area (Å²) in [7, 11) is 1.67. The summed E-state index contributed by atoms with van der Waals surface area (Å²) in [5.74, 6) is -0.130. The Hall–Kier alpha value is -0.0600. The molecule has 1 rings (SSSR count). The highest BCUT2D eigenvalue weighted by atomic mass is 79.9. The Morgan fingerprint density at radius 2 is 2.00 bits per heavy atom. The SMILES string of the molecule is Cc1cc(Br)cc(CS(=O)(=O)Cl)c1. The van der Waals surface area contributed by atoms with Crippen LogP contribution in [-0.2, 0) is 14.8 Å². The molecule has 5 heteroatoms. The summed E-state index contributed by atoms with van der Waals surface area (Å²) in [6.45, 7) is 1.90. The third-order valence-electron chi connectivity index (χ3n) is 1.44. The van der Waals surface area contributed by atoms with E-state index in [0.717, 1.165) is 10.0 Å². The average molecular weight is 284 g/mol. The summed E-state index contributed by atoms with van der Waals surface area (Å²) in [5, 5.41) is 0. The third-order valence-corrected chi connectivity index (χ3v) is 2.90. The van der Waals surface area contributed by atoms with Crippen LogP contribution in [0.3, 0.4) is 0 Å². The standard InChI is InChI=1S/C8H8BrClO2S/c1-6-2-7(4-8(9)3-6)5-13(10,11)12/h2-4H,5H2,1H3. The Bertz CT molecular complexity index is 394. The third kappa shape index (κ3) is 4.11. The van der Waals surface area contributed by atoms with Crippen LogP contribution in [0.2, 0.25) is 0 Å². The molecule has 1 aromatic carbocycles. The smallest absolute Gasteiger partial charge is 0.212 e. The van der Waals surface area contributed by atoms with Crippen molar-refractivity contribution in [3.8, 4) is 0 Å². The van der Waals surface area contributed by atoms with E-state index in [4.69, 9.17) is 10.7 Å². The monoisotopic (exact) mass is 282 g/mol. The molecule has 0 aromatic heterocycles. The van der Waals surface area contributed by atoms with Crippen molar-refractivity contribution in [1.82, 2.24) is 0 Å². The molecule has 0 fully saturated rings. The van der Waals surface area contributed by atoms with Crippen LogP contribution in [-0.4, -0.2) is 8.42 Å². The van der Waals surface area contributed by atoms with E-state index in [-0.39, 0.29) is 5.75 Å². The Balaban J connectivity index is 3.03. The van der Waals surface area contributed by atoms with Gasteiger partial charge in [0.2, 0.25) is 9.05 Å². The molecular weight excluding hydrogens is 276 g/mol. The van der Waals surface area contributed by atoms with Crippen molar-refractivity contribution >= 4 is 35.7 Å². The quantitative estimate of drug-likeness (QED) is 0.782. The van der Waals surface area contributed by atoms with Crippen molar-refractivity contribution < 1.29 is 8.42 Å². The van der Waals surface area contributed by atoms with Crippen LogP contribution in [0.1, 0.15) is 11.1 Å². The van der Waals surface area contributed by atoms with Crippen molar-refractivity contribution in [2.75, 3.05) is 0 Å². The molecule has 13 heavy (non-hydrogen) atoms. The average Bonchev–Trinajstić information content (AvgIpc) is 1.78. The molecule has 1 aromatic rings. The van der Waals surface area contributed by atoms with Crippen LogP contribution in [0.5, 0.6) is 0 Å². The van der Waals surface area contributed by atoms with Gasteiger partial charge in [-0.2, -0.15) is 0 Å². The number of halogens is 2. The first-order valence-corrected chi connectivity index (χ1v) is 6.82. The van der Waals surface area contributed by atoms with Gasteiger partial charge >= 0.3 is 0 Å². The largest absolute Gasteiger partial charge is 0.236 e. The minimum atomic E-state index is -3.46. The van der Waals surface area contributed by atoms with E-state index in [1.165, 1.54) is 0 Å². The molecule has 0 heterocycles. The highest BCUT2D eigenvalue weighted by Gasteiger charge is 2.07. The second-order valence-electron chi connectivity index (χ2n) is 2.82. The Labute approximate surface area is 90.5 Å². The molecule has 0 aliphatic rings. The van der Waals surface area contributed by atoms with Crippen molar-refractivity contribution in [2.45, 2.75) is 12.7 Å². The van der Waals surface area contributed by atoms with Gasteiger partial charge in [-0.25, -0.2) is 8.42 Å². The Morgan fingerprint density at radius 3 is 2.46 bits per heavy atom. The first kappa shape index (κ1) is 11.0. The van der Waals surface area contributed by atoms with Gasteiger partial charge in [0, 0.05) is 15.2 Å². The zero-order valence-electron chi connectivity index (χ0n) is 6.92. The van der Waals surface area contributed by atoms with Crippen LogP contribution in [0.4, 0.5) is 0 Å². The van der Waals surface area contributed by atoms with Crippen LogP contribution in [0, 0.1) is 6.92 Å². The van der Waals surface area contributed by atoms with Gasteiger partial charge in [-0.3, -0.25) is 0 Å². The van der Waals surface area contributed by atoms with E-state index in [9.17, 15) is 8.42 Å². The first-order chi connectivity index (χ1) is 5.87. The zero-order valence-corrected chi connectivity index (χ0v) is 10.1. The van der Waals surface area contributed by atoms with Gasteiger partial charge in [0.1, 0.15) is 0 Å². The molecule has 0 radical (unpaired) electrons. The molecule has 0 aliphatic carbocycles. The first-order valence-electron chi connectivity index (χ1n) is 3.55. The van der Waals surface area contributed by atoms with E-state index >= 15 is 0 Å². The van der Waals surface area contributed by atoms with E-state index in [1.807, 2.05) is 13.0 Å². The molecule has 0 atom stereocenters. The highest BCUT2D eigenvalue weighted by molar-refractivity contribution is 9.10. The summed E-state index contributed by atoms with van der Waals surface area (Å²) >= 11 is 3.28. The zero-order chi connectivity index (χ0) is 10.1. The maximum atomic E-state index is 10.8. The van der Waals surface area contributed by atoms with E-state index in [1.54, 1.807) is 12.1 Å². The van der Waals surface area contributed by atoms with E-state index < -0.39 is 9.05 Å². The normalized spacial score (nSPS) is 11.6. The topological polar surface area (TPSA) is 34.1 Å². The lowest BCUT2D eigenvalue weighted by Crippen LogP contribution is -1.95. The molecule has 2 nitrogen and oxygen atoms in total. The molecule has 72 valence electrons. The summed E-state index contributed by atoms with van der Waals surface area (Å²) in [6, 6.07) is 5.45. The van der Waals surface area contributed by atoms with Crippen molar-refractivity contribution in [2.24, 2.45) is 0 Å². The lowest BCUT2D eigenvalue weighted by molar-refractivity contribution is 0.609. The number of aryl methyl sites for hydroxylation is 1. The summed E-state index contributed by atoms with van der Waals surface area (Å²) in [6.07, 6.45) is 0. The number of benzene rings is 1. The van der Waals surface area contributed by atoms with E-state index in [0.29, 0.717) is 5.56 Å². The van der Waals surface area contributed by atoms with Gasteiger partial charge in [-0.1, -0.05) is 22.0 Å². The van der Waals surface area contributed by atoms with Gasteiger partial charge in [-0.15, -0.1) is 0 Å². The predicted octanol–water partition coefficient (Wildman–Crippen LogP) is 2.83. The summed E-state index contributed by atoms with van der Waals surface area (Å²) in [5.41, 5.74) is 1.70. The van der Waals surface area contributed by atoms with Crippen LogP contribution < -0.4 is 0 Å². The fourth-order valence-corrected chi connectivity index (χ4v) is 2.69. The van der Waals surface area contributed by atoms with Crippen LogP contribution in [0.15, 0.2) is 22.7 Å². The molecule has 0 saturated heterocycles. The van der Waals surface area contributed by atoms with Gasteiger partial charge in [0.15, 0.2) is 0 Å². The second-order valence-corrected chi connectivity index (χ2v) is 6.51. The number of hydrogen-bond donors (Lipinski definition) is 0. The molecule has 0 spiro atoms.